The summed E-state index contributed by atoms with van der Waals surface area (Å²) in [4.78, 5) is 0. The smallest absolute Gasteiger partial charge is 0.0813 e. The normalized spacial score (nSPS) is 20.1. The number of hydrogen-bond acceptors (Lipinski definition) is 2. The molecule has 0 amide bonds. The maximum absolute atomic E-state index is 5.77. The van der Waals surface area contributed by atoms with Gasteiger partial charge >= 0.3 is 0 Å². The van der Waals surface area contributed by atoms with E-state index in [-0.39, 0.29) is 0 Å². The first kappa shape index (κ1) is 24.0. The molecule has 0 N–H and O–H groups in total. The van der Waals surface area contributed by atoms with Crippen LogP contribution in [0.3, 0.4) is 0 Å². The fourth-order valence-corrected chi connectivity index (χ4v) is 3.97. The Morgan fingerprint density at radius 2 is 1.12 bits per heavy atom. The molecule has 26 heavy (non-hydrogen) atoms. The quantitative estimate of drug-likeness (QED) is 0.216. The van der Waals surface area contributed by atoms with E-state index in [1.807, 2.05) is 0 Å². The largest absolute Gasteiger partial charge is 0.379 e. The average molecular weight is 369 g/mol. The molecule has 1 aliphatic rings. The molecular formula is C24H48O2. The Kier molecular flexibility index (Phi) is 16.9. The maximum Gasteiger partial charge on any atom is 0.0813 e. The van der Waals surface area contributed by atoms with Gasteiger partial charge in [-0.2, -0.15) is 0 Å². The van der Waals surface area contributed by atoms with Crippen molar-refractivity contribution in [3.05, 3.63) is 0 Å². The fraction of sp³-hybridized carbons (Fsp3) is 1.00. The Hall–Kier alpha value is -0.0800. The summed E-state index contributed by atoms with van der Waals surface area (Å²) in [7, 11) is 0. The molecule has 0 unspecified atom stereocenters. The zero-order valence-electron chi connectivity index (χ0n) is 18.1. The zero-order valence-corrected chi connectivity index (χ0v) is 18.1. The van der Waals surface area contributed by atoms with Gasteiger partial charge in [-0.1, -0.05) is 103 Å². The van der Waals surface area contributed by atoms with Crippen molar-refractivity contribution in [2.45, 2.75) is 142 Å². The Morgan fingerprint density at radius 3 is 1.54 bits per heavy atom. The predicted molar refractivity (Wildman–Crippen MR) is 114 cm³/mol. The lowest BCUT2D eigenvalue weighted by molar-refractivity contribution is -0.00989. The van der Waals surface area contributed by atoms with Crippen molar-refractivity contribution in [3.63, 3.8) is 0 Å². The van der Waals surface area contributed by atoms with Gasteiger partial charge in [-0.25, -0.2) is 0 Å². The third-order valence-corrected chi connectivity index (χ3v) is 5.77. The standard InChI is InChI=1S/C24H48O2/c1-3-4-5-6-7-8-9-10-11-12-13-14-15-16-17-18-21-25-22-24-20-19-23(2)26-24/h23-24H,3-22H2,1-2H3/t23-,24-/m0/s1. The third-order valence-electron chi connectivity index (χ3n) is 5.77. The predicted octanol–water partition coefficient (Wildman–Crippen LogP) is 7.83. The van der Waals surface area contributed by atoms with E-state index in [2.05, 4.69) is 13.8 Å². The first-order chi connectivity index (χ1) is 12.8. The second kappa shape index (κ2) is 18.3. The van der Waals surface area contributed by atoms with Gasteiger partial charge in [0.15, 0.2) is 0 Å². The summed E-state index contributed by atoms with van der Waals surface area (Å²) in [6, 6.07) is 0. The number of hydrogen-bond donors (Lipinski definition) is 0. The Labute approximate surface area is 164 Å². The second-order valence-electron chi connectivity index (χ2n) is 8.52. The van der Waals surface area contributed by atoms with Crippen molar-refractivity contribution in [1.29, 1.82) is 0 Å². The summed E-state index contributed by atoms with van der Waals surface area (Å²) in [6.07, 6.45) is 25.9. The molecule has 0 saturated carbocycles. The monoisotopic (exact) mass is 368 g/mol. The van der Waals surface area contributed by atoms with Crippen molar-refractivity contribution in [1.82, 2.24) is 0 Å². The molecular weight excluding hydrogens is 320 g/mol. The zero-order chi connectivity index (χ0) is 18.7. The molecule has 2 atom stereocenters. The lowest BCUT2D eigenvalue weighted by Crippen LogP contribution is -2.16. The minimum Gasteiger partial charge on any atom is -0.379 e. The molecule has 0 radical (unpaired) electrons. The number of ether oxygens (including phenoxy) is 2. The molecule has 0 aromatic rings. The fourth-order valence-electron chi connectivity index (χ4n) is 3.97. The van der Waals surface area contributed by atoms with Crippen LogP contribution < -0.4 is 0 Å². The van der Waals surface area contributed by atoms with Crippen molar-refractivity contribution < 1.29 is 9.47 Å². The highest BCUT2D eigenvalue weighted by Gasteiger charge is 2.21. The molecule has 0 aromatic heterocycles. The summed E-state index contributed by atoms with van der Waals surface area (Å²) in [5, 5.41) is 0. The molecule has 2 nitrogen and oxygen atoms in total. The number of rotatable bonds is 19. The SMILES string of the molecule is CCCCCCCCCCCCCCCCCCOC[C@@H]1CC[C@H](C)O1. The van der Waals surface area contributed by atoms with Crippen LogP contribution in [0.25, 0.3) is 0 Å². The van der Waals surface area contributed by atoms with Gasteiger partial charge in [0.2, 0.25) is 0 Å². The van der Waals surface area contributed by atoms with E-state index in [1.165, 1.54) is 116 Å². The molecule has 0 bridgehead atoms. The Balaban J connectivity index is 1.65. The molecule has 1 aliphatic heterocycles. The van der Waals surface area contributed by atoms with E-state index in [1.54, 1.807) is 0 Å². The van der Waals surface area contributed by atoms with Gasteiger partial charge in [0.25, 0.3) is 0 Å². The van der Waals surface area contributed by atoms with Crippen LogP contribution in [-0.2, 0) is 9.47 Å². The van der Waals surface area contributed by atoms with Crippen LogP contribution in [0.15, 0.2) is 0 Å². The summed E-state index contributed by atoms with van der Waals surface area (Å²) in [6.45, 7) is 6.19. The summed E-state index contributed by atoms with van der Waals surface area (Å²) in [5.74, 6) is 0. The van der Waals surface area contributed by atoms with Crippen LogP contribution in [0.4, 0.5) is 0 Å². The van der Waals surface area contributed by atoms with Crippen LogP contribution in [0.1, 0.15) is 129 Å². The van der Waals surface area contributed by atoms with E-state index < -0.39 is 0 Å². The van der Waals surface area contributed by atoms with Crippen LogP contribution in [-0.4, -0.2) is 25.4 Å². The molecule has 0 spiro atoms. The molecule has 1 heterocycles. The number of unbranched alkanes of at least 4 members (excludes halogenated alkanes) is 15. The molecule has 2 heteroatoms. The molecule has 1 rings (SSSR count). The highest BCUT2D eigenvalue weighted by Crippen LogP contribution is 2.19. The lowest BCUT2D eigenvalue weighted by atomic mass is 10.0. The van der Waals surface area contributed by atoms with Gasteiger partial charge in [-0.3, -0.25) is 0 Å². The van der Waals surface area contributed by atoms with Crippen LogP contribution in [0.2, 0.25) is 0 Å². The first-order valence-electron chi connectivity index (χ1n) is 12.1. The second-order valence-corrected chi connectivity index (χ2v) is 8.52. The topological polar surface area (TPSA) is 18.5 Å². The van der Waals surface area contributed by atoms with E-state index in [0.29, 0.717) is 12.2 Å². The summed E-state index contributed by atoms with van der Waals surface area (Å²) in [5.41, 5.74) is 0. The van der Waals surface area contributed by atoms with Gasteiger partial charge in [0.1, 0.15) is 0 Å². The van der Waals surface area contributed by atoms with E-state index in [0.717, 1.165) is 13.2 Å². The van der Waals surface area contributed by atoms with Gasteiger partial charge in [0, 0.05) is 6.61 Å². The Morgan fingerprint density at radius 1 is 0.654 bits per heavy atom. The van der Waals surface area contributed by atoms with Gasteiger partial charge in [-0.15, -0.1) is 0 Å². The van der Waals surface area contributed by atoms with E-state index in [4.69, 9.17) is 9.47 Å². The van der Waals surface area contributed by atoms with E-state index >= 15 is 0 Å². The molecule has 0 aliphatic carbocycles. The van der Waals surface area contributed by atoms with Crippen molar-refractivity contribution in [3.8, 4) is 0 Å². The summed E-state index contributed by atoms with van der Waals surface area (Å²) >= 11 is 0. The molecule has 1 fully saturated rings. The molecule has 0 aromatic carbocycles. The molecule has 1 saturated heterocycles. The highest BCUT2D eigenvalue weighted by atomic mass is 16.5. The van der Waals surface area contributed by atoms with Gasteiger partial charge in [-0.05, 0) is 26.2 Å². The van der Waals surface area contributed by atoms with Crippen LogP contribution in [0, 0.1) is 0 Å². The first-order valence-corrected chi connectivity index (χ1v) is 12.1. The average Bonchev–Trinajstić information content (AvgIpc) is 3.06. The van der Waals surface area contributed by atoms with Gasteiger partial charge in [0.05, 0.1) is 18.8 Å². The van der Waals surface area contributed by atoms with Crippen LogP contribution >= 0.6 is 0 Å². The van der Waals surface area contributed by atoms with Crippen molar-refractivity contribution in [2.24, 2.45) is 0 Å². The third kappa shape index (κ3) is 15.0. The molecule has 156 valence electrons. The van der Waals surface area contributed by atoms with Gasteiger partial charge < -0.3 is 9.47 Å². The Bertz CT molecular complexity index is 279. The van der Waals surface area contributed by atoms with E-state index in [9.17, 15) is 0 Å². The van der Waals surface area contributed by atoms with Crippen LogP contribution in [0.5, 0.6) is 0 Å². The highest BCUT2D eigenvalue weighted by molar-refractivity contribution is 4.69. The lowest BCUT2D eigenvalue weighted by Gasteiger charge is -2.11. The van der Waals surface area contributed by atoms with Crippen molar-refractivity contribution in [2.75, 3.05) is 13.2 Å². The minimum absolute atomic E-state index is 0.367. The van der Waals surface area contributed by atoms with Crippen molar-refractivity contribution >= 4 is 0 Å². The summed E-state index contributed by atoms with van der Waals surface area (Å²) < 4.78 is 11.5. The minimum atomic E-state index is 0.367. The maximum atomic E-state index is 5.77.